The van der Waals surface area contributed by atoms with Gasteiger partial charge in [-0.2, -0.15) is 15.0 Å². The van der Waals surface area contributed by atoms with E-state index in [1.807, 2.05) is 44.8 Å². The summed E-state index contributed by atoms with van der Waals surface area (Å²) in [5.41, 5.74) is 5.83. The Hall–Kier alpha value is -1.96. The van der Waals surface area contributed by atoms with Crippen LogP contribution >= 0.6 is 0 Å². The molecule has 1 aliphatic rings. The van der Waals surface area contributed by atoms with Gasteiger partial charge in [-0.25, -0.2) is 0 Å². The lowest BCUT2D eigenvalue weighted by molar-refractivity contribution is -0.137. The van der Waals surface area contributed by atoms with E-state index in [9.17, 15) is 4.79 Å². The minimum atomic E-state index is 0.0443. The Kier molecular flexibility index (Phi) is 6.16. The number of nitrogens with zero attached hydrogens (tertiary/aromatic N) is 6. The molecule has 2 heterocycles. The van der Waals surface area contributed by atoms with Crippen LogP contribution in [0.3, 0.4) is 0 Å². The van der Waals surface area contributed by atoms with E-state index in [0.717, 1.165) is 25.9 Å². The number of carbonyl (C=O) groups excluding carboxylic acids is 1. The maximum absolute atomic E-state index is 12.5. The third-order valence-electron chi connectivity index (χ3n) is 4.98. The Morgan fingerprint density at radius 3 is 2.24 bits per heavy atom. The van der Waals surface area contributed by atoms with Crippen LogP contribution in [0.1, 0.15) is 45.5 Å². The molecule has 0 saturated carbocycles. The summed E-state index contributed by atoms with van der Waals surface area (Å²) in [4.78, 5) is 31.5. The zero-order chi connectivity index (χ0) is 18.7. The highest BCUT2D eigenvalue weighted by Gasteiger charge is 2.31. The van der Waals surface area contributed by atoms with Gasteiger partial charge in [0, 0.05) is 33.1 Å². The van der Waals surface area contributed by atoms with Crippen molar-refractivity contribution in [2.45, 2.75) is 45.7 Å². The maximum Gasteiger partial charge on any atom is 0.229 e. The van der Waals surface area contributed by atoms with Gasteiger partial charge in [-0.3, -0.25) is 9.69 Å². The summed E-state index contributed by atoms with van der Waals surface area (Å²) < 4.78 is 0. The van der Waals surface area contributed by atoms with Crippen molar-refractivity contribution in [1.82, 2.24) is 24.8 Å². The number of hydrogen-bond donors (Lipinski definition) is 1. The van der Waals surface area contributed by atoms with Gasteiger partial charge >= 0.3 is 0 Å². The lowest BCUT2D eigenvalue weighted by Crippen LogP contribution is -2.44. The molecule has 1 atom stereocenters. The molecule has 1 saturated heterocycles. The molecule has 140 valence electrons. The van der Waals surface area contributed by atoms with E-state index in [1.165, 1.54) is 0 Å². The number of nitrogens with two attached hydrogens (primary N) is 1. The molecule has 2 N–H and O–H groups in total. The largest absolute Gasteiger partial charge is 0.368 e. The van der Waals surface area contributed by atoms with Crippen LogP contribution in [-0.4, -0.2) is 70.9 Å². The molecule has 2 rings (SSSR count). The van der Waals surface area contributed by atoms with Gasteiger partial charge in [0.1, 0.15) is 0 Å². The number of likely N-dealkylation sites (tertiary alicyclic amines) is 1. The molecule has 1 amide bonds. The van der Waals surface area contributed by atoms with Gasteiger partial charge < -0.3 is 15.5 Å². The molecule has 0 unspecified atom stereocenters. The van der Waals surface area contributed by atoms with Gasteiger partial charge in [-0.05, 0) is 46.7 Å². The van der Waals surface area contributed by atoms with Gasteiger partial charge in [-0.15, -0.1) is 0 Å². The zero-order valence-corrected chi connectivity index (χ0v) is 16.2. The maximum atomic E-state index is 12.5. The molecule has 8 nitrogen and oxygen atoms in total. The first kappa shape index (κ1) is 19.4. The molecule has 8 heteroatoms. The molecule has 1 aromatic rings. The van der Waals surface area contributed by atoms with Gasteiger partial charge in [0.05, 0.1) is 6.04 Å². The number of amides is 1. The van der Waals surface area contributed by atoms with E-state index < -0.39 is 0 Å². The molecule has 0 aromatic carbocycles. The highest BCUT2D eigenvalue weighted by atomic mass is 16.2. The molecule has 0 bridgehead atoms. The minimum absolute atomic E-state index is 0.0443. The Morgan fingerprint density at radius 2 is 1.72 bits per heavy atom. The molecule has 1 aliphatic heterocycles. The van der Waals surface area contributed by atoms with Crippen LogP contribution in [0.4, 0.5) is 11.9 Å². The second-order valence-corrected chi connectivity index (χ2v) is 7.28. The number of aromatic nitrogens is 3. The SMILES string of the molecule is CC(C)N(C)C(=O)C1CCN([C@H](C)c2nc(N)nc(N(C)C)n2)CC1. The number of rotatable bonds is 5. The average molecular weight is 349 g/mol. The molecule has 25 heavy (non-hydrogen) atoms. The molecule has 0 aliphatic carbocycles. The lowest BCUT2D eigenvalue weighted by Gasteiger charge is -2.36. The molecular formula is C17H31N7O. The minimum Gasteiger partial charge on any atom is -0.368 e. The first-order valence-corrected chi connectivity index (χ1v) is 8.90. The Bertz CT molecular complexity index is 597. The van der Waals surface area contributed by atoms with Gasteiger partial charge in [0.2, 0.25) is 17.8 Å². The van der Waals surface area contributed by atoms with Crippen molar-refractivity contribution in [3.05, 3.63) is 5.82 Å². The van der Waals surface area contributed by atoms with Gasteiger partial charge in [0.25, 0.3) is 0 Å². The van der Waals surface area contributed by atoms with E-state index in [2.05, 4.69) is 26.8 Å². The summed E-state index contributed by atoms with van der Waals surface area (Å²) in [6.07, 6.45) is 1.72. The summed E-state index contributed by atoms with van der Waals surface area (Å²) >= 11 is 0. The highest BCUT2D eigenvalue weighted by molar-refractivity contribution is 5.78. The van der Waals surface area contributed by atoms with Crippen molar-refractivity contribution >= 4 is 17.8 Å². The monoisotopic (exact) mass is 349 g/mol. The van der Waals surface area contributed by atoms with Crippen LogP contribution in [0.5, 0.6) is 0 Å². The van der Waals surface area contributed by atoms with Crippen molar-refractivity contribution in [3.8, 4) is 0 Å². The van der Waals surface area contributed by atoms with Crippen LogP contribution in [0.15, 0.2) is 0 Å². The molecule has 1 aromatic heterocycles. The molecular weight excluding hydrogens is 318 g/mol. The number of anilines is 2. The van der Waals surface area contributed by atoms with Gasteiger partial charge in [0.15, 0.2) is 5.82 Å². The lowest BCUT2D eigenvalue weighted by atomic mass is 9.94. The van der Waals surface area contributed by atoms with Gasteiger partial charge in [-0.1, -0.05) is 0 Å². The van der Waals surface area contributed by atoms with Crippen LogP contribution in [0.2, 0.25) is 0 Å². The normalized spacial score (nSPS) is 17.6. The summed E-state index contributed by atoms with van der Waals surface area (Å²) in [5, 5.41) is 0. The Balaban J connectivity index is 2.02. The van der Waals surface area contributed by atoms with Crippen molar-refractivity contribution < 1.29 is 4.79 Å². The fourth-order valence-electron chi connectivity index (χ4n) is 3.02. The van der Waals surface area contributed by atoms with E-state index in [1.54, 1.807) is 0 Å². The van der Waals surface area contributed by atoms with E-state index in [0.29, 0.717) is 11.8 Å². The number of nitrogen functional groups attached to an aromatic ring is 1. The van der Waals surface area contributed by atoms with E-state index in [-0.39, 0.29) is 29.9 Å². The van der Waals surface area contributed by atoms with Crippen LogP contribution in [0.25, 0.3) is 0 Å². The predicted octanol–water partition coefficient (Wildman–Crippen LogP) is 1.16. The summed E-state index contributed by atoms with van der Waals surface area (Å²) in [5.74, 6) is 1.85. The Morgan fingerprint density at radius 1 is 1.12 bits per heavy atom. The van der Waals surface area contributed by atoms with Crippen LogP contribution < -0.4 is 10.6 Å². The highest BCUT2D eigenvalue weighted by Crippen LogP contribution is 2.27. The standard InChI is InChI=1S/C17H31N7O/c1-11(2)23(6)15(25)13-7-9-24(10-8-13)12(3)14-19-16(18)21-17(20-14)22(4)5/h11-13H,7-10H2,1-6H3,(H2,18,19,20,21)/t12-/m1/s1. The molecule has 1 fully saturated rings. The van der Waals surface area contributed by atoms with E-state index in [4.69, 9.17) is 5.73 Å². The first-order valence-electron chi connectivity index (χ1n) is 8.90. The number of carbonyl (C=O) groups is 1. The molecule has 0 spiro atoms. The third-order valence-corrected chi connectivity index (χ3v) is 4.98. The van der Waals surface area contributed by atoms with Crippen molar-refractivity contribution in [1.29, 1.82) is 0 Å². The van der Waals surface area contributed by atoms with Crippen molar-refractivity contribution in [2.24, 2.45) is 5.92 Å². The second kappa shape index (κ2) is 7.95. The van der Waals surface area contributed by atoms with Crippen LogP contribution in [0, 0.1) is 5.92 Å². The number of piperidine rings is 1. The topological polar surface area (TPSA) is 91.5 Å². The smallest absolute Gasteiger partial charge is 0.229 e. The summed E-state index contributed by atoms with van der Waals surface area (Å²) in [6.45, 7) is 7.88. The predicted molar refractivity (Wildman–Crippen MR) is 99.2 cm³/mol. The van der Waals surface area contributed by atoms with Crippen molar-refractivity contribution in [3.63, 3.8) is 0 Å². The Labute approximate surface area is 150 Å². The van der Waals surface area contributed by atoms with Crippen molar-refractivity contribution in [2.75, 3.05) is 44.9 Å². The second-order valence-electron chi connectivity index (χ2n) is 7.28. The van der Waals surface area contributed by atoms with Crippen LogP contribution in [-0.2, 0) is 4.79 Å². The zero-order valence-electron chi connectivity index (χ0n) is 16.2. The third kappa shape index (κ3) is 4.56. The quantitative estimate of drug-likeness (QED) is 0.853. The average Bonchev–Trinajstić information content (AvgIpc) is 2.59. The number of hydrogen-bond acceptors (Lipinski definition) is 7. The molecule has 0 radical (unpaired) electrons. The summed E-state index contributed by atoms with van der Waals surface area (Å²) in [6, 6.07) is 0.282. The fourth-order valence-corrected chi connectivity index (χ4v) is 3.02. The summed E-state index contributed by atoms with van der Waals surface area (Å²) in [7, 11) is 5.65. The first-order chi connectivity index (χ1) is 11.7. The fraction of sp³-hybridized carbons (Fsp3) is 0.765. The van der Waals surface area contributed by atoms with E-state index >= 15 is 0 Å².